The highest BCUT2D eigenvalue weighted by atomic mass is 19.1. The summed E-state index contributed by atoms with van der Waals surface area (Å²) in [4.78, 5) is 42.2. The van der Waals surface area contributed by atoms with Crippen LogP contribution in [0.15, 0.2) is 16.9 Å². The summed E-state index contributed by atoms with van der Waals surface area (Å²) >= 11 is 0. The third-order valence-corrected chi connectivity index (χ3v) is 8.08. The van der Waals surface area contributed by atoms with Gasteiger partial charge >= 0.3 is 12.1 Å². The number of aromatic nitrogens is 1. The molecule has 2 saturated heterocycles. The van der Waals surface area contributed by atoms with Gasteiger partial charge in [-0.1, -0.05) is 0 Å². The number of nitrogens with one attached hydrogen (secondary N) is 1. The summed E-state index contributed by atoms with van der Waals surface area (Å²) in [5.41, 5.74) is -1.27. The van der Waals surface area contributed by atoms with E-state index in [2.05, 4.69) is 10.2 Å². The summed E-state index contributed by atoms with van der Waals surface area (Å²) in [7, 11) is 1.48. The Bertz CT molecular complexity index is 1350. The minimum atomic E-state index is -1.58. The predicted octanol–water partition coefficient (Wildman–Crippen LogP) is 4.14. The average Bonchev–Trinajstić information content (AvgIpc) is 3.73. The molecule has 218 valence electrons. The van der Waals surface area contributed by atoms with Crippen LogP contribution in [0.25, 0.3) is 10.9 Å². The molecule has 0 bridgehead atoms. The Kier molecular flexibility index (Phi) is 7.69. The first-order chi connectivity index (χ1) is 19.0. The lowest BCUT2D eigenvalue weighted by atomic mass is 9.97. The number of hydrogen-bond acceptors (Lipinski definition) is 7. The van der Waals surface area contributed by atoms with Gasteiger partial charge in [0.25, 0.3) is 0 Å². The Morgan fingerprint density at radius 1 is 1.05 bits per heavy atom. The van der Waals surface area contributed by atoms with Gasteiger partial charge in [-0.05, 0) is 84.5 Å². The number of halogens is 1. The van der Waals surface area contributed by atoms with Gasteiger partial charge in [-0.15, -0.1) is 0 Å². The molecule has 1 saturated carbocycles. The topological polar surface area (TPSA) is 113 Å². The van der Waals surface area contributed by atoms with Crippen molar-refractivity contribution in [3.05, 3.63) is 33.9 Å². The molecule has 5 rings (SSSR count). The maximum atomic E-state index is 15.5. The number of anilines is 1. The third kappa shape index (κ3) is 5.35. The summed E-state index contributed by atoms with van der Waals surface area (Å²) in [6.07, 6.45) is 4.30. The average molecular weight is 559 g/mol. The summed E-state index contributed by atoms with van der Waals surface area (Å²) in [6.45, 7) is 8.61. The molecule has 2 N–H and O–H groups in total. The molecule has 0 unspecified atom stereocenters. The molecule has 3 aliphatic rings. The number of methoxy groups -OCH3 is 1. The highest BCUT2D eigenvalue weighted by Gasteiger charge is 2.38. The van der Waals surface area contributed by atoms with E-state index < -0.39 is 28.5 Å². The number of amides is 1. The molecule has 3 heterocycles. The second kappa shape index (κ2) is 10.9. The van der Waals surface area contributed by atoms with E-state index in [9.17, 15) is 19.5 Å². The quantitative estimate of drug-likeness (QED) is 0.509. The molecule has 1 aromatic heterocycles. The third-order valence-electron chi connectivity index (χ3n) is 8.08. The summed E-state index contributed by atoms with van der Waals surface area (Å²) in [6, 6.07) is 3.24. The lowest BCUT2D eigenvalue weighted by Crippen LogP contribution is -2.55. The van der Waals surface area contributed by atoms with Crippen molar-refractivity contribution < 1.29 is 28.6 Å². The van der Waals surface area contributed by atoms with Crippen molar-refractivity contribution in [2.45, 2.75) is 83.0 Å². The van der Waals surface area contributed by atoms with Crippen molar-refractivity contribution in [1.29, 1.82) is 0 Å². The van der Waals surface area contributed by atoms with Crippen LogP contribution in [0.5, 0.6) is 5.75 Å². The molecule has 3 fully saturated rings. The number of carboxylic acid groups (broad SMARTS) is 1. The zero-order valence-corrected chi connectivity index (χ0v) is 23.7. The number of pyridine rings is 1. The van der Waals surface area contributed by atoms with Crippen LogP contribution in [0, 0.1) is 5.95 Å². The van der Waals surface area contributed by atoms with Crippen molar-refractivity contribution in [3.8, 4) is 5.75 Å². The number of carboxylic acids is 1. The van der Waals surface area contributed by atoms with Gasteiger partial charge in [0.05, 0.1) is 23.7 Å². The van der Waals surface area contributed by atoms with Gasteiger partial charge in [0.1, 0.15) is 5.60 Å². The zero-order chi connectivity index (χ0) is 28.8. The van der Waals surface area contributed by atoms with E-state index in [0.29, 0.717) is 50.0 Å². The fourth-order valence-corrected chi connectivity index (χ4v) is 6.12. The van der Waals surface area contributed by atoms with Crippen LogP contribution >= 0.6 is 0 Å². The molecule has 1 aromatic carbocycles. The highest BCUT2D eigenvalue weighted by molar-refractivity contribution is 5.97. The number of benzene rings is 1. The van der Waals surface area contributed by atoms with E-state index in [1.165, 1.54) is 11.7 Å². The lowest BCUT2D eigenvalue weighted by molar-refractivity contribution is -0.00219. The first-order valence-corrected chi connectivity index (χ1v) is 14.2. The molecular formula is C29H39FN4O6. The molecular weight excluding hydrogens is 519 g/mol. The van der Waals surface area contributed by atoms with E-state index >= 15 is 4.39 Å². The van der Waals surface area contributed by atoms with Gasteiger partial charge < -0.3 is 34.3 Å². The van der Waals surface area contributed by atoms with E-state index in [1.807, 2.05) is 25.7 Å². The number of carbonyl (C=O) groups is 2. The van der Waals surface area contributed by atoms with Crippen LogP contribution in [0.2, 0.25) is 0 Å². The number of carbonyl (C=O) groups excluding carboxylic acids is 1. The number of piperidine rings is 2. The Morgan fingerprint density at radius 3 is 2.23 bits per heavy atom. The molecule has 1 amide bonds. The molecule has 2 aliphatic heterocycles. The largest absolute Gasteiger partial charge is 0.492 e. The van der Waals surface area contributed by atoms with E-state index in [-0.39, 0.29) is 29.6 Å². The van der Waals surface area contributed by atoms with E-state index in [0.717, 1.165) is 31.6 Å². The Labute approximate surface area is 233 Å². The smallest absolute Gasteiger partial charge is 0.410 e. The molecule has 10 nitrogen and oxygen atoms in total. The Balaban J connectivity index is 1.46. The Hall–Kier alpha value is -3.34. The molecule has 0 atom stereocenters. The SMILES string of the molecule is COc1c(N2CCC(N(C(=O)OC(C)(C)C)C3CCNCC3)CC2)ccc2c(=O)c(C(=O)O)c(F)n(C3CC3)c12. The highest BCUT2D eigenvalue weighted by Crippen LogP contribution is 2.44. The molecule has 40 heavy (non-hydrogen) atoms. The van der Waals surface area contributed by atoms with Crippen LogP contribution in [0.4, 0.5) is 14.9 Å². The summed E-state index contributed by atoms with van der Waals surface area (Å²) in [5, 5.41) is 13.0. The van der Waals surface area contributed by atoms with Gasteiger partial charge in [0.15, 0.2) is 11.3 Å². The van der Waals surface area contributed by atoms with Crippen molar-refractivity contribution >= 4 is 28.7 Å². The summed E-state index contributed by atoms with van der Waals surface area (Å²) in [5.74, 6) is -2.25. The maximum absolute atomic E-state index is 15.5. The van der Waals surface area contributed by atoms with Crippen molar-refractivity contribution in [2.75, 3.05) is 38.2 Å². The second-order valence-electron chi connectivity index (χ2n) is 12.0. The minimum Gasteiger partial charge on any atom is -0.492 e. The van der Waals surface area contributed by atoms with Crippen molar-refractivity contribution in [2.24, 2.45) is 0 Å². The Morgan fingerprint density at radius 2 is 1.68 bits per heavy atom. The number of nitrogens with zero attached hydrogens (tertiary/aromatic N) is 3. The standard InChI is InChI=1S/C29H39FN4O6/c1-29(2,3)40-28(38)33(18-9-13-31-14-10-18)19-11-15-32(16-12-19)21-8-7-20-23(25(21)39-4)34(17-5-6-17)26(30)22(24(20)35)27(36)37/h7-8,17-19,31H,5-6,9-16H2,1-4H3,(H,36,37). The maximum Gasteiger partial charge on any atom is 0.410 e. The monoisotopic (exact) mass is 558 g/mol. The number of fused-ring (bicyclic) bond motifs is 1. The molecule has 0 radical (unpaired) electrons. The first kappa shape index (κ1) is 28.2. The number of ether oxygens (including phenoxy) is 2. The van der Waals surface area contributed by atoms with Gasteiger partial charge in [0, 0.05) is 31.2 Å². The number of aromatic carboxylic acids is 1. The van der Waals surface area contributed by atoms with Crippen LogP contribution in [0.3, 0.4) is 0 Å². The van der Waals surface area contributed by atoms with Crippen LogP contribution in [-0.4, -0.2) is 77.6 Å². The minimum absolute atomic E-state index is 0.0147. The van der Waals surface area contributed by atoms with Gasteiger partial charge in [-0.25, -0.2) is 9.59 Å². The molecule has 2 aromatic rings. The van der Waals surface area contributed by atoms with Crippen LogP contribution in [-0.2, 0) is 4.74 Å². The molecule has 1 aliphatic carbocycles. The lowest BCUT2D eigenvalue weighted by Gasteiger charge is -2.44. The van der Waals surface area contributed by atoms with E-state index in [4.69, 9.17) is 9.47 Å². The van der Waals surface area contributed by atoms with Crippen LogP contribution < -0.4 is 20.4 Å². The van der Waals surface area contributed by atoms with E-state index in [1.54, 1.807) is 12.1 Å². The van der Waals surface area contributed by atoms with Crippen molar-refractivity contribution in [1.82, 2.24) is 14.8 Å². The van der Waals surface area contributed by atoms with Gasteiger partial charge in [-0.3, -0.25) is 4.79 Å². The predicted molar refractivity (Wildman–Crippen MR) is 149 cm³/mol. The van der Waals surface area contributed by atoms with Gasteiger partial charge in [-0.2, -0.15) is 4.39 Å². The fraction of sp³-hybridized carbons (Fsp3) is 0.621. The normalized spacial score (nSPS) is 19.1. The number of hydrogen-bond donors (Lipinski definition) is 2. The number of rotatable bonds is 6. The summed E-state index contributed by atoms with van der Waals surface area (Å²) < 4.78 is 28.4. The zero-order valence-electron chi connectivity index (χ0n) is 23.7. The van der Waals surface area contributed by atoms with Crippen LogP contribution in [0.1, 0.15) is 75.7 Å². The van der Waals surface area contributed by atoms with Crippen molar-refractivity contribution in [3.63, 3.8) is 0 Å². The van der Waals surface area contributed by atoms with Gasteiger partial charge in [0.2, 0.25) is 11.4 Å². The molecule has 11 heteroatoms. The second-order valence-corrected chi connectivity index (χ2v) is 12.0. The molecule has 0 spiro atoms. The fourth-order valence-electron chi connectivity index (χ4n) is 6.12. The first-order valence-electron chi connectivity index (χ1n) is 14.2.